The fourth-order valence-electron chi connectivity index (χ4n) is 6.99. The molecule has 0 aliphatic heterocycles. The quantitative estimate of drug-likeness (QED) is 0.390. The van der Waals surface area contributed by atoms with Gasteiger partial charge < -0.3 is 8.98 Å². The summed E-state index contributed by atoms with van der Waals surface area (Å²) in [7, 11) is -1.29. The van der Waals surface area contributed by atoms with Crippen molar-refractivity contribution in [3.63, 3.8) is 0 Å². The number of carbonyl (C=O) groups is 1. The summed E-state index contributed by atoms with van der Waals surface area (Å²) >= 11 is -1.42. The number of pyridine rings is 1. The number of rotatable bonds is 5. The van der Waals surface area contributed by atoms with Crippen LogP contribution in [-0.2, 0) is 32.2 Å². The Hall–Kier alpha value is -1.47. The molecule has 188 valence electrons. The van der Waals surface area contributed by atoms with Crippen molar-refractivity contribution in [1.82, 2.24) is 4.98 Å². The highest BCUT2D eigenvalue weighted by Crippen LogP contribution is 2.61. The van der Waals surface area contributed by atoms with E-state index in [4.69, 9.17) is 4.43 Å². The molecule has 4 nitrogen and oxygen atoms in total. The maximum atomic E-state index is 14.1. The summed E-state index contributed by atoms with van der Waals surface area (Å²) in [6.07, 6.45) is 6.39. The second-order valence-electron chi connectivity index (χ2n) is 12.2. The van der Waals surface area contributed by atoms with E-state index in [1.54, 1.807) is 12.3 Å². The minimum Gasteiger partial charge on any atom is -0.610 e. The fraction of sp³-hybridized carbons (Fsp3) is 0.586. The average Bonchev–Trinajstić information content (AvgIpc) is 3.14. The van der Waals surface area contributed by atoms with Crippen molar-refractivity contribution < 1.29 is 13.8 Å². The molecule has 2 fully saturated rings. The molecular weight excluding hydrogens is 470 g/mol. The van der Waals surface area contributed by atoms with Crippen LogP contribution >= 0.6 is 0 Å². The molecule has 1 aromatic heterocycles. The first-order valence-corrected chi connectivity index (χ1v) is 17.2. The summed E-state index contributed by atoms with van der Waals surface area (Å²) in [4.78, 5) is 18.4. The number of hydrogen-bond acceptors (Lipinski definition) is 4. The topological polar surface area (TPSA) is 62.2 Å². The SMILES string of the molecule is C[SiH](C)OC[C@]12CC[C@@H]3c4ccc(C(C)(C)C)cc4CC[C@H]3[C@@H]1CC([S+]([O-])c1ccccn1)C2=O. The standard InChI is InChI=1S/C29H39NO3SSi/c1-28(2,3)20-10-12-21-19(16-20)9-11-23-22(21)13-14-29(18-33-35(4)5)24(23)17-25(27(29)31)34(32)26-8-6-7-15-30-26/h6-8,10,12,15-16,22-25,35H,9,11,13-14,17-18H2,1-5H3/t22-,23-,24+,25?,29-,34?/m1/s1. The predicted octanol–water partition coefficient (Wildman–Crippen LogP) is 5.57. The van der Waals surface area contributed by atoms with Crippen molar-refractivity contribution in [3.8, 4) is 0 Å². The van der Waals surface area contributed by atoms with Gasteiger partial charge in [-0.2, -0.15) is 0 Å². The van der Waals surface area contributed by atoms with E-state index in [-0.39, 0.29) is 17.1 Å². The average molecular weight is 510 g/mol. The summed E-state index contributed by atoms with van der Waals surface area (Å²) in [5, 5.41) is 0.0507. The molecule has 0 saturated heterocycles. The van der Waals surface area contributed by atoms with Gasteiger partial charge in [0.25, 0.3) is 0 Å². The number of ketones is 1. The predicted molar refractivity (Wildman–Crippen MR) is 144 cm³/mol. The molecule has 2 aromatic rings. The van der Waals surface area contributed by atoms with Gasteiger partial charge in [-0.1, -0.05) is 45.0 Å². The second-order valence-corrected chi connectivity index (χ2v) is 16.2. The summed E-state index contributed by atoms with van der Waals surface area (Å²) in [5.74, 6) is 1.34. The Morgan fingerprint density at radius 1 is 1.20 bits per heavy atom. The molecule has 1 heterocycles. The highest BCUT2D eigenvalue weighted by Gasteiger charge is 2.64. The monoisotopic (exact) mass is 509 g/mol. The summed E-state index contributed by atoms with van der Waals surface area (Å²) in [6.45, 7) is 11.7. The Balaban J connectivity index is 1.48. The Morgan fingerprint density at radius 2 is 2.00 bits per heavy atom. The third-order valence-electron chi connectivity index (χ3n) is 8.83. The van der Waals surface area contributed by atoms with Crippen LogP contribution in [0.1, 0.15) is 69.1 Å². The van der Waals surface area contributed by atoms with Crippen molar-refractivity contribution in [2.45, 2.75) is 87.6 Å². The van der Waals surface area contributed by atoms with Gasteiger partial charge in [0.1, 0.15) is 0 Å². The Bertz CT molecular complexity index is 1090. The Morgan fingerprint density at radius 3 is 2.69 bits per heavy atom. The molecule has 0 amide bonds. The van der Waals surface area contributed by atoms with E-state index in [9.17, 15) is 9.35 Å². The van der Waals surface area contributed by atoms with Crippen LogP contribution in [0.25, 0.3) is 0 Å². The van der Waals surface area contributed by atoms with Gasteiger partial charge in [0.15, 0.2) is 20.1 Å². The minimum atomic E-state index is -1.42. The number of Topliss-reactive ketones (excluding diaryl/α,β-unsaturated/α-hetero) is 1. The van der Waals surface area contributed by atoms with Crippen LogP contribution < -0.4 is 0 Å². The first-order chi connectivity index (χ1) is 16.6. The number of carbonyl (C=O) groups excluding carboxylic acids is 1. The molecule has 3 aliphatic rings. The molecule has 0 N–H and O–H groups in total. The minimum absolute atomic E-state index is 0.145. The largest absolute Gasteiger partial charge is 0.610 e. The van der Waals surface area contributed by atoms with Crippen LogP contribution in [-0.4, -0.2) is 36.2 Å². The van der Waals surface area contributed by atoms with Crippen molar-refractivity contribution in [1.29, 1.82) is 0 Å². The number of nitrogens with zero attached hydrogens (tertiary/aromatic N) is 1. The molecule has 0 spiro atoms. The molecule has 2 unspecified atom stereocenters. The number of benzene rings is 1. The lowest BCUT2D eigenvalue weighted by Crippen LogP contribution is -2.48. The zero-order chi connectivity index (χ0) is 25.0. The number of hydrogen-bond donors (Lipinski definition) is 0. The van der Waals surface area contributed by atoms with Gasteiger partial charge >= 0.3 is 0 Å². The summed E-state index contributed by atoms with van der Waals surface area (Å²) in [6, 6.07) is 12.6. The molecular formula is C29H39NO3SSi. The van der Waals surface area contributed by atoms with Crippen LogP contribution in [0, 0.1) is 17.3 Å². The number of aromatic nitrogens is 1. The summed E-state index contributed by atoms with van der Waals surface area (Å²) in [5.41, 5.74) is 4.04. The van der Waals surface area contributed by atoms with Crippen molar-refractivity contribution in [2.24, 2.45) is 17.3 Å². The van der Waals surface area contributed by atoms with Crippen molar-refractivity contribution >= 4 is 26.0 Å². The lowest BCUT2D eigenvalue weighted by Gasteiger charge is -2.49. The fourth-order valence-corrected chi connectivity index (χ4v) is 9.10. The summed E-state index contributed by atoms with van der Waals surface area (Å²) < 4.78 is 19.9. The molecule has 3 aliphatic carbocycles. The molecule has 5 rings (SSSR count). The molecule has 0 bridgehead atoms. The van der Waals surface area contributed by atoms with Crippen molar-refractivity contribution in [3.05, 3.63) is 59.3 Å². The first-order valence-electron chi connectivity index (χ1n) is 13.2. The molecule has 6 atom stereocenters. The molecule has 2 saturated carbocycles. The van der Waals surface area contributed by atoms with Crippen LogP contribution in [0.4, 0.5) is 0 Å². The Kier molecular flexibility index (Phi) is 6.79. The normalized spacial score (nSPS) is 31.1. The van der Waals surface area contributed by atoms with Crippen LogP contribution in [0.3, 0.4) is 0 Å². The highest BCUT2D eigenvalue weighted by molar-refractivity contribution is 7.92. The van der Waals surface area contributed by atoms with E-state index in [1.807, 2.05) is 12.1 Å². The number of aryl methyl sites for hydroxylation is 1. The van der Waals surface area contributed by atoms with Gasteiger partial charge in [-0.05, 0) is 84.7 Å². The zero-order valence-corrected chi connectivity index (χ0v) is 23.7. The van der Waals surface area contributed by atoms with E-state index >= 15 is 0 Å². The van der Waals surface area contributed by atoms with Gasteiger partial charge in [-0.3, -0.25) is 4.79 Å². The smallest absolute Gasteiger partial charge is 0.245 e. The van der Waals surface area contributed by atoms with Gasteiger partial charge in [0.2, 0.25) is 5.03 Å². The number of fused-ring (bicyclic) bond motifs is 5. The third kappa shape index (κ3) is 4.45. The van der Waals surface area contributed by atoms with E-state index in [0.29, 0.717) is 29.9 Å². The Labute approximate surface area is 215 Å². The van der Waals surface area contributed by atoms with Gasteiger partial charge in [0.05, 0.1) is 5.41 Å². The second kappa shape index (κ2) is 9.44. The highest BCUT2D eigenvalue weighted by atomic mass is 32.2. The maximum Gasteiger partial charge on any atom is 0.245 e. The van der Waals surface area contributed by atoms with E-state index < -0.39 is 30.9 Å². The van der Waals surface area contributed by atoms with Crippen LogP contribution in [0.2, 0.25) is 13.1 Å². The molecule has 6 heteroatoms. The molecule has 35 heavy (non-hydrogen) atoms. The lowest BCUT2D eigenvalue weighted by molar-refractivity contribution is -0.133. The maximum absolute atomic E-state index is 14.1. The van der Waals surface area contributed by atoms with Crippen LogP contribution in [0.15, 0.2) is 47.6 Å². The van der Waals surface area contributed by atoms with E-state index in [0.717, 1.165) is 25.7 Å². The third-order valence-corrected chi connectivity index (χ3v) is 11.2. The van der Waals surface area contributed by atoms with Gasteiger partial charge in [-0.25, -0.2) is 4.98 Å². The van der Waals surface area contributed by atoms with Crippen molar-refractivity contribution in [2.75, 3.05) is 6.61 Å². The van der Waals surface area contributed by atoms with Gasteiger partial charge in [-0.15, -0.1) is 0 Å². The zero-order valence-electron chi connectivity index (χ0n) is 21.8. The van der Waals surface area contributed by atoms with E-state index in [1.165, 1.54) is 16.7 Å². The molecule has 1 aromatic carbocycles. The van der Waals surface area contributed by atoms with E-state index in [2.05, 4.69) is 57.0 Å². The lowest BCUT2D eigenvalue weighted by atomic mass is 9.55. The van der Waals surface area contributed by atoms with Crippen LogP contribution in [0.5, 0.6) is 0 Å². The molecule has 0 radical (unpaired) electrons. The first kappa shape index (κ1) is 25.2. The van der Waals surface area contributed by atoms with Gasteiger partial charge in [0, 0.05) is 36.5 Å².